The number of alkyl halides is 3. The summed E-state index contributed by atoms with van der Waals surface area (Å²) >= 11 is 0. The van der Waals surface area contributed by atoms with Crippen LogP contribution in [0.3, 0.4) is 0 Å². The summed E-state index contributed by atoms with van der Waals surface area (Å²) in [6, 6.07) is 25.4. The Morgan fingerprint density at radius 1 is 0.895 bits per heavy atom. The Bertz CT molecular complexity index is 2770. The number of nitrogens with one attached hydrogen (secondary N) is 5. The quantitative estimate of drug-likeness (QED) is 0.0308. The van der Waals surface area contributed by atoms with Crippen LogP contribution in [0.5, 0.6) is 11.5 Å². The second-order valence-corrected chi connectivity index (χ2v) is 18.7. The van der Waals surface area contributed by atoms with Crippen molar-refractivity contribution in [3.8, 4) is 23.3 Å². The predicted molar refractivity (Wildman–Crippen MR) is 285 cm³/mol. The highest BCUT2D eigenvalue weighted by molar-refractivity contribution is 5.95. The number of amides is 3. The number of hydrogen-bond acceptors (Lipinski definition) is 13. The van der Waals surface area contributed by atoms with Crippen LogP contribution < -0.4 is 41.0 Å². The van der Waals surface area contributed by atoms with E-state index in [9.17, 15) is 32.7 Å². The number of nitrogens with zero attached hydrogens (tertiary/aromatic N) is 3. The summed E-state index contributed by atoms with van der Waals surface area (Å²) in [7, 11) is 4.88. The molecule has 7 rings (SSSR count). The molecule has 4 aromatic carbocycles. The lowest BCUT2D eigenvalue weighted by Crippen LogP contribution is -2.46. The molecule has 20 heteroatoms. The Hall–Kier alpha value is -7.02. The molecule has 3 amide bonds. The van der Waals surface area contributed by atoms with Crippen LogP contribution in [0.15, 0.2) is 84.9 Å². The topological polar surface area (TPSA) is 189 Å². The highest BCUT2D eigenvalue weighted by Crippen LogP contribution is 2.32. The lowest BCUT2D eigenvalue weighted by molar-refractivity contribution is -0.140. The highest BCUT2D eigenvalue weighted by Gasteiger charge is 2.30. The number of carbonyl (C=O) groups excluding carboxylic acids is 3. The summed E-state index contributed by atoms with van der Waals surface area (Å²) in [6.07, 6.45) is -1.30. The molecular weight excluding hydrogens is 986 g/mol. The van der Waals surface area contributed by atoms with Crippen LogP contribution in [0.4, 0.5) is 30.2 Å². The minimum Gasteiger partial charge on any atom is -0.495 e. The summed E-state index contributed by atoms with van der Waals surface area (Å²) in [5.74, 6) is 6.39. The normalized spacial score (nSPS) is 15.2. The van der Waals surface area contributed by atoms with Gasteiger partial charge in [-0.05, 0) is 90.8 Å². The zero-order chi connectivity index (χ0) is 53.9. The number of aliphatic hydroxyl groups is 1. The Morgan fingerprint density at radius 2 is 1.64 bits per heavy atom. The second-order valence-electron chi connectivity index (χ2n) is 18.7. The molecule has 0 aliphatic carbocycles. The van der Waals surface area contributed by atoms with Gasteiger partial charge in [0.25, 0.3) is 5.91 Å². The molecular formula is C56H69F3N8O9. The van der Waals surface area contributed by atoms with Crippen LogP contribution in [0.1, 0.15) is 52.0 Å². The first-order valence-electron chi connectivity index (χ1n) is 25.5. The van der Waals surface area contributed by atoms with Gasteiger partial charge in [-0.2, -0.15) is 13.2 Å². The lowest BCUT2D eigenvalue weighted by atomic mass is 10.0. The van der Waals surface area contributed by atoms with Gasteiger partial charge in [0, 0.05) is 81.3 Å². The number of ether oxygens (including phenoxy) is 5. The molecule has 76 heavy (non-hydrogen) atoms. The molecule has 2 aliphatic rings. The Morgan fingerprint density at radius 3 is 2.38 bits per heavy atom. The minimum absolute atomic E-state index is 0.0789. The van der Waals surface area contributed by atoms with Crippen molar-refractivity contribution in [3.05, 3.63) is 113 Å². The number of benzene rings is 4. The minimum atomic E-state index is -4.45. The number of carbonyl (C=O) groups is 3. The third-order valence-electron chi connectivity index (χ3n) is 13.1. The van der Waals surface area contributed by atoms with Crippen molar-refractivity contribution < 1.29 is 56.3 Å². The number of fused-ring (bicyclic) bond motifs is 2. The first-order chi connectivity index (χ1) is 36.8. The fourth-order valence-electron chi connectivity index (χ4n) is 9.11. The monoisotopic (exact) mass is 1050 g/mol. The smallest absolute Gasteiger partial charge is 0.406 e. The molecule has 0 radical (unpaired) electrons. The maximum absolute atomic E-state index is 13.8. The van der Waals surface area contributed by atoms with Gasteiger partial charge in [0.2, 0.25) is 11.8 Å². The summed E-state index contributed by atoms with van der Waals surface area (Å²) in [5, 5.41) is 25.4. The average Bonchev–Trinajstić information content (AvgIpc) is 3.76. The summed E-state index contributed by atoms with van der Waals surface area (Å²) < 4.78 is 71.1. The van der Waals surface area contributed by atoms with Gasteiger partial charge in [-0.1, -0.05) is 42.3 Å². The number of halogens is 3. The number of rotatable bonds is 25. The van der Waals surface area contributed by atoms with Crippen molar-refractivity contribution in [3.63, 3.8) is 0 Å². The molecule has 5 aromatic rings. The fraction of sp³-hybridized carbons (Fsp3) is 0.446. The van der Waals surface area contributed by atoms with Gasteiger partial charge in [-0.25, -0.2) is 0 Å². The summed E-state index contributed by atoms with van der Waals surface area (Å²) in [5.41, 5.74) is 6.30. The first-order valence-corrected chi connectivity index (χ1v) is 25.5. The molecule has 1 unspecified atom stereocenters. The Labute approximate surface area is 441 Å². The summed E-state index contributed by atoms with van der Waals surface area (Å²) in [6.45, 7) is 4.35. The van der Waals surface area contributed by atoms with E-state index in [1.807, 2.05) is 60.5 Å². The lowest BCUT2D eigenvalue weighted by Gasteiger charge is -2.33. The number of aromatic nitrogens is 1. The molecule has 1 saturated heterocycles. The number of likely N-dealkylation sites (tertiary alicyclic amines) is 1. The van der Waals surface area contributed by atoms with Crippen molar-refractivity contribution in [2.75, 3.05) is 116 Å². The third kappa shape index (κ3) is 17.0. The molecule has 3 heterocycles. The molecule has 408 valence electrons. The van der Waals surface area contributed by atoms with Crippen molar-refractivity contribution in [1.82, 2.24) is 25.4 Å². The van der Waals surface area contributed by atoms with E-state index in [-0.39, 0.29) is 68.4 Å². The SMILES string of the molecule is CNC(=O)c1ccc(NCC#Cc2cc3c(NC4CCN(CCCOCCOCCOCC(=O)NCc5ccc(COc6ccc7c(c6)N(C)CC(=O)NC(CO)C7)cc5)CC4)cccc3n2CC(F)(F)F)c(OC)c1. The molecule has 6 N–H and O–H groups in total. The standard InChI is InChI=1S/C56H69F3N8O9/c1-60-55(71)42-15-17-49(52(30-42)72-3)61-20-5-7-45-31-47-48(8-4-9-50(47)67(45)38-56(57,58)59)63-43-18-22-66(23-19-43)21-6-24-73-25-26-74-27-28-75-37-54(70)62-33-39-10-12-40(13-11-39)36-76-46-16-14-41-29-44(35-68)64-53(69)34-65(2)51(41)32-46/h4,8-17,30-32,43-44,61,63,68H,6,18-29,33-38H2,1-3H3,(H,60,71)(H,62,70)(H,64,69). The molecule has 1 fully saturated rings. The molecule has 0 spiro atoms. The second kappa shape index (κ2) is 28.2. The molecule has 0 bridgehead atoms. The van der Waals surface area contributed by atoms with Gasteiger partial charge >= 0.3 is 6.18 Å². The number of aliphatic hydroxyl groups excluding tert-OH is 1. The number of likely N-dealkylation sites (N-methyl/N-ethyl adjacent to an activating group) is 1. The maximum atomic E-state index is 13.8. The maximum Gasteiger partial charge on any atom is 0.406 e. The zero-order valence-electron chi connectivity index (χ0n) is 43.4. The van der Waals surface area contributed by atoms with Crippen LogP contribution in [-0.2, 0) is 49.9 Å². The van der Waals surface area contributed by atoms with Crippen molar-refractivity contribution in [1.29, 1.82) is 0 Å². The molecule has 17 nitrogen and oxygen atoms in total. The molecule has 0 saturated carbocycles. The Balaban J connectivity index is 0.728. The first kappa shape index (κ1) is 56.7. The van der Waals surface area contributed by atoms with Crippen LogP contribution in [0.2, 0.25) is 0 Å². The van der Waals surface area contributed by atoms with Gasteiger partial charge < -0.3 is 69.7 Å². The fourth-order valence-corrected chi connectivity index (χ4v) is 9.11. The van der Waals surface area contributed by atoms with Crippen molar-refractivity contribution >= 4 is 45.7 Å². The van der Waals surface area contributed by atoms with Gasteiger partial charge in [0.1, 0.15) is 31.3 Å². The number of methoxy groups -OCH3 is 1. The van der Waals surface area contributed by atoms with E-state index >= 15 is 0 Å². The molecule has 2 aliphatic heterocycles. The number of hydrogen-bond donors (Lipinski definition) is 6. The van der Waals surface area contributed by atoms with E-state index in [0.29, 0.717) is 79.7 Å². The van der Waals surface area contributed by atoms with E-state index < -0.39 is 12.7 Å². The van der Waals surface area contributed by atoms with Crippen molar-refractivity contribution in [2.45, 2.75) is 63.6 Å². The highest BCUT2D eigenvalue weighted by atomic mass is 19.4. The van der Waals surface area contributed by atoms with E-state index in [1.165, 1.54) is 18.7 Å². The predicted octanol–water partition coefficient (Wildman–Crippen LogP) is 5.72. The van der Waals surface area contributed by atoms with Gasteiger partial charge in [0.15, 0.2) is 0 Å². The van der Waals surface area contributed by atoms with E-state index in [2.05, 4.69) is 43.3 Å². The van der Waals surface area contributed by atoms with Crippen LogP contribution in [-0.4, -0.2) is 151 Å². The van der Waals surface area contributed by atoms with Gasteiger partial charge in [-0.15, -0.1) is 0 Å². The Kier molecular flexibility index (Phi) is 21.0. The zero-order valence-corrected chi connectivity index (χ0v) is 43.4. The van der Waals surface area contributed by atoms with Gasteiger partial charge in [-0.3, -0.25) is 14.4 Å². The van der Waals surface area contributed by atoms with E-state index in [1.54, 1.807) is 36.4 Å². The van der Waals surface area contributed by atoms with Crippen LogP contribution >= 0.6 is 0 Å². The van der Waals surface area contributed by atoms with Crippen molar-refractivity contribution in [2.24, 2.45) is 0 Å². The largest absolute Gasteiger partial charge is 0.495 e. The average molecular weight is 1060 g/mol. The van der Waals surface area contributed by atoms with E-state index in [0.717, 1.165) is 67.0 Å². The summed E-state index contributed by atoms with van der Waals surface area (Å²) in [4.78, 5) is 40.9. The van der Waals surface area contributed by atoms with Crippen LogP contribution in [0.25, 0.3) is 10.9 Å². The van der Waals surface area contributed by atoms with Crippen LogP contribution in [0, 0.1) is 11.8 Å². The van der Waals surface area contributed by atoms with E-state index in [4.69, 9.17) is 23.7 Å². The third-order valence-corrected chi connectivity index (χ3v) is 13.1. The number of piperidine rings is 1. The van der Waals surface area contributed by atoms with Gasteiger partial charge in [0.05, 0.1) is 76.2 Å². The molecule has 1 atom stereocenters. The molecule has 1 aromatic heterocycles. The number of anilines is 3.